The molecule has 0 heterocycles. The fourth-order valence-electron chi connectivity index (χ4n) is 4.02. The lowest BCUT2D eigenvalue weighted by Crippen LogP contribution is -2.24. The summed E-state index contributed by atoms with van der Waals surface area (Å²) in [5.41, 5.74) is 5.78. The molecule has 0 aliphatic heterocycles. The number of hydrogen-bond donors (Lipinski definition) is 1. The first-order valence-corrected chi connectivity index (χ1v) is 11.2. The molecule has 1 aliphatic carbocycles. The summed E-state index contributed by atoms with van der Waals surface area (Å²) < 4.78 is 0. The number of para-hydroxylation sites is 1. The topological polar surface area (TPSA) is 29.1 Å². The van der Waals surface area contributed by atoms with E-state index in [0.29, 0.717) is 11.8 Å². The van der Waals surface area contributed by atoms with Crippen molar-refractivity contribution in [2.75, 3.05) is 11.9 Å². The Balaban J connectivity index is 2.08. The monoisotopic (exact) mass is 383 g/mol. The molecule has 1 saturated carbocycles. The molecule has 0 amide bonds. The molecule has 1 aliphatic rings. The number of carbonyl (C=O) groups excluding carboxylic acids is 1. The number of hydrogen-bond acceptors (Lipinski definition) is 2. The van der Waals surface area contributed by atoms with Gasteiger partial charge in [-0.2, -0.15) is 0 Å². The van der Waals surface area contributed by atoms with Crippen LogP contribution in [0.15, 0.2) is 35.4 Å². The lowest BCUT2D eigenvalue weighted by Gasteiger charge is -2.26. The highest BCUT2D eigenvalue weighted by molar-refractivity contribution is 5.81. The van der Waals surface area contributed by atoms with Gasteiger partial charge in [0.1, 0.15) is 5.78 Å². The van der Waals surface area contributed by atoms with Crippen LogP contribution >= 0.6 is 0 Å². The summed E-state index contributed by atoms with van der Waals surface area (Å²) in [5, 5.41) is 3.65. The third-order valence-electron chi connectivity index (χ3n) is 6.60. The van der Waals surface area contributed by atoms with E-state index in [1.807, 2.05) is 13.8 Å². The van der Waals surface area contributed by atoms with E-state index in [-0.39, 0.29) is 11.2 Å². The van der Waals surface area contributed by atoms with Gasteiger partial charge in [0.25, 0.3) is 0 Å². The van der Waals surface area contributed by atoms with Gasteiger partial charge in [0.05, 0.1) is 0 Å². The maximum atomic E-state index is 11.8. The van der Waals surface area contributed by atoms with Gasteiger partial charge in [0.2, 0.25) is 0 Å². The highest BCUT2D eigenvalue weighted by Crippen LogP contribution is 2.37. The standard InChI is InChI=1S/C26H41NO/c1-19(2)18-23(15-14-20(3)22-10-9-11-22)24-12-7-8-13-25(24)27-17-16-26(5,6)21(4)28/h7-8,12-13,19,23,27H,9-11,14-18H2,1-6H3. The van der Waals surface area contributed by atoms with Crippen molar-refractivity contribution in [3.8, 4) is 0 Å². The van der Waals surface area contributed by atoms with Crippen molar-refractivity contribution >= 4 is 11.5 Å². The molecule has 2 rings (SSSR count). The number of ketones is 1. The zero-order valence-corrected chi connectivity index (χ0v) is 19.0. The van der Waals surface area contributed by atoms with Crippen LogP contribution in [0.1, 0.15) is 98.0 Å². The van der Waals surface area contributed by atoms with Crippen molar-refractivity contribution < 1.29 is 4.79 Å². The Morgan fingerprint density at radius 2 is 1.82 bits per heavy atom. The first-order valence-electron chi connectivity index (χ1n) is 11.2. The maximum Gasteiger partial charge on any atom is 0.135 e. The average molecular weight is 384 g/mol. The molecule has 2 heteroatoms. The Kier molecular flexibility index (Phi) is 8.34. The minimum Gasteiger partial charge on any atom is -0.385 e. The van der Waals surface area contributed by atoms with E-state index >= 15 is 0 Å². The van der Waals surface area contributed by atoms with E-state index in [1.54, 1.807) is 18.1 Å². The highest BCUT2D eigenvalue weighted by atomic mass is 16.1. The Bertz CT molecular complexity index is 677. The molecule has 0 aromatic heterocycles. The Hall–Kier alpha value is -1.57. The number of anilines is 1. The number of benzene rings is 1. The molecule has 28 heavy (non-hydrogen) atoms. The van der Waals surface area contributed by atoms with Gasteiger partial charge in [-0.05, 0) is 82.3 Å². The number of nitrogens with one attached hydrogen (secondary N) is 1. The van der Waals surface area contributed by atoms with Crippen LogP contribution in [0.2, 0.25) is 0 Å². The van der Waals surface area contributed by atoms with Crippen LogP contribution in [0, 0.1) is 11.3 Å². The third-order valence-corrected chi connectivity index (χ3v) is 6.60. The van der Waals surface area contributed by atoms with Crippen LogP contribution in [0.4, 0.5) is 5.69 Å². The molecular formula is C26H41NO. The normalized spacial score (nSPS) is 15.3. The predicted molar refractivity (Wildman–Crippen MR) is 122 cm³/mol. The van der Waals surface area contributed by atoms with Gasteiger partial charge in [-0.15, -0.1) is 0 Å². The fourth-order valence-corrected chi connectivity index (χ4v) is 4.02. The van der Waals surface area contributed by atoms with E-state index in [9.17, 15) is 4.79 Å². The Morgan fingerprint density at radius 1 is 1.14 bits per heavy atom. The molecule has 1 atom stereocenters. The van der Waals surface area contributed by atoms with Crippen LogP contribution < -0.4 is 5.32 Å². The van der Waals surface area contributed by atoms with Gasteiger partial charge in [-0.25, -0.2) is 0 Å². The fraction of sp³-hybridized carbons (Fsp3) is 0.654. The van der Waals surface area contributed by atoms with Crippen molar-refractivity contribution in [1.82, 2.24) is 0 Å². The van der Waals surface area contributed by atoms with E-state index in [4.69, 9.17) is 0 Å². The van der Waals surface area contributed by atoms with Gasteiger partial charge in [-0.3, -0.25) is 4.79 Å². The van der Waals surface area contributed by atoms with Crippen LogP contribution in [0.3, 0.4) is 0 Å². The maximum absolute atomic E-state index is 11.8. The number of rotatable bonds is 11. The summed E-state index contributed by atoms with van der Waals surface area (Å²) >= 11 is 0. The van der Waals surface area contributed by atoms with Crippen molar-refractivity contribution in [3.63, 3.8) is 0 Å². The predicted octanol–water partition coefficient (Wildman–Crippen LogP) is 7.51. The first-order chi connectivity index (χ1) is 13.2. The molecule has 1 fully saturated rings. The van der Waals surface area contributed by atoms with Crippen LogP contribution in [0.25, 0.3) is 0 Å². The summed E-state index contributed by atoms with van der Waals surface area (Å²) in [6.45, 7) is 13.6. The van der Waals surface area contributed by atoms with Gasteiger partial charge < -0.3 is 5.32 Å². The summed E-state index contributed by atoms with van der Waals surface area (Å²) in [5.74, 6) is 1.53. The molecule has 1 aromatic carbocycles. The quantitative estimate of drug-likeness (QED) is 0.400. The Morgan fingerprint density at radius 3 is 2.39 bits per heavy atom. The first kappa shape index (κ1) is 22.7. The molecule has 1 unspecified atom stereocenters. The van der Waals surface area contributed by atoms with Crippen molar-refractivity contribution in [2.24, 2.45) is 11.3 Å². The number of carbonyl (C=O) groups is 1. The number of allylic oxidation sites excluding steroid dienone is 2. The molecule has 1 N–H and O–H groups in total. The van der Waals surface area contributed by atoms with Crippen molar-refractivity contribution in [1.29, 1.82) is 0 Å². The lowest BCUT2D eigenvalue weighted by molar-refractivity contribution is -0.125. The molecule has 1 aromatic rings. The highest BCUT2D eigenvalue weighted by Gasteiger charge is 2.23. The second kappa shape index (κ2) is 10.3. The van der Waals surface area contributed by atoms with Crippen LogP contribution in [-0.4, -0.2) is 12.3 Å². The Labute approximate surface area is 173 Å². The summed E-state index contributed by atoms with van der Waals surface area (Å²) in [6.07, 6.45) is 8.56. The van der Waals surface area contributed by atoms with Crippen molar-refractivity contribution in [3.05, 3.63) is 41.0 Å². The SMILES string of the molecule is CC(=O)C(C)(C)CCNc1ccccc1C(CCC(C)=C1CCC1)CC(C)C. The molecule has 0 radical (unpaired) electrons. The molecular weight excluding hydrogens is 342 g/mol. The van der Waals surface area contributed by atoms with E-state index < -0.39 is 0 Å². The van der Waals surface area contributed by atoms with E-state index in [1.165, 1.54) is 49.8 Å². The average Bonchev–Trinajstić information content (AvgIpc) is 2.57. The largest absolute Gasteiger partial charge is 0.385 e. The summed E-state index contributed by atoms with van der Waals surface area (Å²) in [7, 11) is 0. The summed E-state index contributed by atoms with van der Waals surface area (Å²) in [4.78, 5) is 11.8. The minimum absolute atomic E-state index is 0.259. The van der Waals surface area contributed by atoms with Gasteiger partial charge >= 0.3 is 0 Å². The second-order valence-electron chi connectivity index (χ2n) is 9.81. The number of Topliss-reactive ketones (excluding diaryl/α,β-unsaturated/α-hetero) is 1. The zero-order chi connectivity index (χ0) is 20.7. The van der Waals surface area contributed by atoms with Gasteiger partial charge in [0.15, 0.2) is 0 Å². The molecule has 156 valence electrons. The molecule has 0 spiro atoms. The zero-order valence-electron chi connectivity index (χ0n) is 19.0. The second-order valence-corrected chi connectivity index (χ2v) is 9.81. The smallest absolute Gasteiger partial charge is 0.135 e. The molecule has 0 bridgehead atoms. The summed E-state index contributed by atoms with van der Waals surface area (Å²) in [6, 6.07) is 8.80. The van der Waals surface area contributed by atoms with E-state index in [0.717, 1.165) is 13.0 Å². The van der Waals surface area contributed by atoms with Crippen LogP contribution in [-0.2, 0) is 4.79 Å². The van der Waals surface area contributed by atoms with Crippen molar-refractivity contribution in [2.45, 2.75) is 92.4 Å². The van der Waals surface area contributed by atoms with Crippen LogP contribution in [0.5, 0.6) is 0 Å². The van der Waals surface area contributed by atoms with Gasteiger partial charge in [0, 0.05) is 17.6 Å². The molecule has 0 saturated heterocycles. The van der Waals surface area contributed by atoms with Gasteiger partial charge in [-0.1, -0.05) is 57.0 Å². The minimum atomic E-state index is -0.259. The molecule has 2 nitrogen and oxygen atoms in total. The third kappa shape index (κ3) is 6.50. The van der Waals surface area contributed by atoms with E-state index in [2.05, 4.69) is 50.4 Å². The lowest BCUT2D eigenvalue weighted by atomic mass is 9.82.